The number of aryl methyl sites for hydroxylation is 1. The van der Waals surface area contributed by atoms with E-state index in [1.807, 2.05) is 18.3 Å². The Morgan fingerprint density at radius 2 is 1.96 bits per heavy atom. The number of thioether (sulfide) groups is 1. The van der Waals surface area contributed by atoms with Crippen LogP contribution in [0, 0.1) is 0 Å². The van der Waals surface area contributed by atoms with Crippen LogP contribution < -0.4 is 10.3 Å². The number of H-pyrrole nitrogens is 1. The molecule has 0 aliphatic heterocycles. The number of nitrogens with zero attached hydrogens (tertiary/aromatic N) is 1. The van der Waals surface area contributed by atoms with Gasteiger partial charge in [-0.05, 0) is 56.2 Å². The zero-order chi connectivity index (χ0) is 19.0. The highest BCUT2D eigenvalue weighted by Crippen LogP contribution is 2.38. The molecule has 6 heteroatoms. The summed E-state index contributed by atoms with van der Waals surface area (Å²) in [6, 6.07) is 8.16. The number of ether oxygens (including phenoxy) is 1. The van der Waals surface area contributed by atoms with E-state index in [1.165, 1.54) is 0 Å². The normalized spacial score (nSPS) is 20.1. The second kappa shape index (κ2) is 7.44. The Labute approximate surface area is 162 Å². The van der Waals surface area contributed by atoms with Gasteiger partial charge in [-0.3, -0.25) is 4.79 Å². The molecular formula is C21H24N2O3S. The number of pyridine rings is 1. The maximum Gasteiger partial charge on any atom is 0.274 e. The van der Waals surface area contributed by atoms with Crippen molar-refractivity contribution < 1.29 is 9.84 Å². The van der Waals surface area contributed by atoms with Gasteiger partial charge in [0.25, 0.3) is 5.56 Å². The number of benzene rings is 1. The monoisotopic (exact) mass is 384 g/mol. The molecule has 142 valence electrons. The Morgan fingerprint density at radius 3 is 2.70 bits per heavy atom. The predicted molar refractivity (Wildman–Crippen MR) is 110 cm³/mol. The van der Waals surface area contributed by atoms with Gasteiger partial charge in [-0.2, -0.15) is 0 Å². The van der Waals surface area contributed by atoms with Gasteiger partial charge in [-0.1, -0.05) is 0 Å². The summed E-state index contributed by atoms with van der Waals surface area (Å²) in [4.78, 5) is 16.6. The van der Waals surface area contributed by atoms with Crippen LogP contribution in [0.3, 0.4) is 0 Å². The Bertz CT molecular complexity index is 1020. The van der Waals surface area contributed by atoms with Crippen LogP contribution in [-0.2, 0) is 7.05 Å². The van der Waals surface area contributed by atoms with E-state index in [2.05, 4.69) is 23.4 Å². The standard InChI is InChI=1S/C21H24N2O3S/c1-23-12-18(16-9-10-22-20(16)21(23)25)17-11-15(27-2)7-8-19(17)26-14-5-3-13(24)4-6-14/h7-14,22,24H,3-6H2,1-2H3. The van der Waals surface area contributed by atoms with Crippen molar-refractivity contribution in [1.29, 1.82) is 0 Å². The molecule has 0 saturated heterocycles. The maximum absolute atomic E-state index is 12.4. The first-order valence-electron chi connectivity index (χ1n) is 9.26. The third kappa shape index (κ3) is 3.51. The number of hydrogen-bond donors (Lipinski definition) is 2. The molecule has 1 aromatic carbocycles. The van der Waals surface area contributed by atoms with E-state index in [1.54, 1.807) is 29.6 Å². The first-order chi connectivity index (χ1) is 13.1. The van der Waals surface area contributed by atoms with Crippen molar-refractivity contribution >= 4 is 22.7 Å². The van der Waals surface area contributed by atoms with E-state index in [0.717, 1.165) is 52.8 Å². The van der Waals surface area contributed by atoms with Gasteiger partial charge < -0.3 is 19.4 Å². The van der Waals surface area contributed by atoms with Crippen LogP contribution >= 0.6 is 11.8 Å². The van der Waals surface area contributed by atoms with Crippen molar-refractivity contribution in [2.24, 2.45) is 7.05 Å². The molecule has 1 saturated carbocycles. The molecule has 0 radical (unpaired) electrons. The molecule has 0 unspecified atom stereocenters. The van der Waals surface area contributed by atoms with Gasteiger partial charge >= 0.3 is 0 Å². The zero-order valence-electron chi connectivity index (χ0n) is 15.6. The fraction of sp³-hybridized carbons (Fsp3) is 0.381. The van der Waals surface area contributed by atoms with E-state index in [0.29, 0.717) is 5.52 Å². The van der Waals surface area contributed by atoms with E-state index >= 15 is 0 Å². The second-order valence-electron chi connectivity index (χ2n) is 7.14. The Kier molecular flexibility index (Phi) is 5.02. The third-order valence-corrected chi connectivity index (χ3v) is 6.03. The lowest BCUT2D eigenvalue weighted by Crippen LogP contribution is -2.26. The van der Waals surface area contributed by atoms with Crippen LogP contribution in [0.4, 0.5) is 0 Å². The molecule has 27 heavy (non-hydrogen) atoms. The van der Waals surface area contributed by atoms with Crippen LogP contribution in [0.5, 0.6) is 5.75 Å². The largest absolute Gasteiger partial charge is 0.490 e. The van der Waals surface area contributed by atoms with Gasteiger partial charge in [0, 0.05) is 40.8 Å². The lowest BCUT2D eigenvalue weighted by atomic mass is 9.95. The molecule has 5 nitrogen and oxygen atoms in total. The summed E-state index contributed by atoms with van der Waals surface area (Å²) in [6.45, 7) is 0. The fourth-order valence-electron chi connectivity index (χ4n) is 3.78. The topological polar surface area (TPSA) is 67.2 Å². The lowest BCUT2D eigenvalue weighted by Gasteiger charge is -2.27. The molecule has 2 N–H and O–H groups in total. The summed E-state index contributed by atoms with van der Waals surface area (Å²) in [5.41, 5.74) is 2.54. The van der Waals surface area contributed by atoms with Crippen molar-refractivity contribution in [3.63, 3.8) is 0 Å². The highest BCUT2D eigenvalue weighted by molar-refractivity contribution is 7.98. The summed E-state index contributed by atoms with van der Waals surface area (Å²) < 4.78 is 7.98. The number of rotatable bonds is 4. The van der Waals surface area contributed by atoms with E-state index < -0.39 is 0 Å². The van der Waals surface area contributed by atoms with Crippen molar-refractivity contribution in [2.75, 3.05) is 6.26 Å². The van der Waals surface area contributed by atoms with Crippen LogP contribution in [0.25, 0.3) is 22.0 Å². The van der Waals surface area contributed by atoms with Crippen molar-refractivity contribution in [1.82, 2.24) is 9.55 Å². The highest BCUT2D eigenvalue weighted by atomic mass is 32.2. The minimum Gasteiger partial charge on any atom is -0.490 e. The van der Waals surface area contributed by atoms with Gasteiger partial charge in [-0.25, -0.2) is 0 Å². The molecule has 4 rings (SSSR count). The third-order valence-electron chi connectivity index (χ3n) is 5.31. The van der Waals surface area contributed by atoms with Crippen molar-refractivity contribution in [2.45, 2.75) is 42.8 Å². The number of aromatic amines is 1. The summed E-state index contributed by atoms with van der Waals surface area (Å²) in [5, 5.41) is 10.7. The molecule has 1 fully saturated rings. The zero-order valence-corrected chi connectivity index (χ0v) is 16.4. The fourth-order valence-corrected chi connectivity index (χ4v) is 4.22. The van der Waals surface area contributed by atoms with Gasteiger partial charge in [0.2, 0.25) is 0 Å². The van der Waals surface area contributed by atoms with E-state index in [9.17, 15) is 9.90 Å². The SMILES string of the molecule is CSc1ccc(OC2CCC(O)CC2)c(-c2cn(C)c(=O)c3[nH]ccc23)c1. The predicted octanol–water partition coefficient (Wildman–Crippen LogP) is 3.94. The summed E-state index contributed by atoms with van der Waals surface area (Å²) >= 11 is 1.68. The maximum atomic E-state index is 12.4. The second-order valence-corrected chi connectivity index (χ2v) is 8.02. The molecule has 0 atom stereocenters. The molecule has 0 bridgehead atoms. The van der Waals surface area contributed by atoms with Crippen LogP contribution in [0.1, 0.15) is 25.7 Å². The Balaban J connectivity index is 1.81. The number of aliphatic hydroxyl groups excluding tert-OH is 1. The van der Waals surface area contributed by atoms with Crippen molar-refractivity contribution in [3.05, 3.63) is 47.0 Å². The molecule has 2 aromatic heterocycles. The van der Waals surface area contributed by atoms with Crippen LogP contribution in [0.15, 0.2) is 46.3 Å². The molecule has 2 heterocycles. The summed E-state index contributed by atoms with van der Waals surface area (Å²) in [6.07, 6.45) is 8.93. The van der Waals surface area contributed by atoms with Crippen LogP contribution in [0.2, 0.25) is 0 Å². The van der Waals surface area contributed by atoms with Crippen LogP contribution in [-0.4, -0.2) is 33.1 Å². The first kappa shape index (κ1) is 18.2. The molecular weight excluding hydrogens is 360 g/mol. The summed E-state index contributed by atoms with van der Waals surface area (Å²) in [5.74, 6) is 0.829. The average molecular weight is 385 g/mol. The van der Waals surface area contributed by atoms with Gasteiger partial charge in [0.15, 0.2) is 0 Å². The Morgan fingerprint density at radius 1 is 1.19 bits per heavy atom. The Hall–Kier alpha value is -2.18. The first-order valence-corrected chi connectivity index (χ1v) is 10.5. The summed E-state index contributed by atoms with van der Waals surface area (Å²) in [7, 11) is 1.77. The minimum absolute atomic E-state index is 0.0384. The smallest absolute Gasteiger partial charge is 0.274 e. The van der Waals surface area contributed by atoms with E-state index in [-0.39, 0.29) is 17.8 Å². The molecule has 0 spiro atoms. The van der Waals surface area contributed by atoms with Gasteiger partial charge in [0.1, 0.15) is 11.3 Å². The van der Waals surface area contributed by atoms with Gasteiger partial charge in [0.05, 0.1) is 12.2 Å². The molecule has 1 aliphatic carbocycles. The van der Waals surface area contributed by atoms with Gasteiger partial charge in [-0.15, -0.1) is 11.8 Å². The number of aromatic nitrogens is 2. The van der Waals surface area contributed by atoms with E-state index in [4.69, 9.17) is 4.74 Å². The number of nitrogens with one attached hydrogen (secondary N) is 1. The average Bonchev–Trinajstić information content (AvgIpc) is 3.17. The van der Waals surface area contributed by atoms with Crippen molar-refractivity contribution in [3.8, 4) is 16.9 Å². The molecule has 3 aromatic rings. The number of aliphatic hydroxyl groups is 1. The number of fused-ring (bicyclic) bond motifs is 1. The number of hydrogen-bond acceptors (Lipinski definition) is 4. The molecule has 0 amide bonds. The molecule has 1 aliphatic rings. The highest BCUT2D eigenvalue weighted by Gasteiger charge is 2.22. The minimum atomic E-state index is -0.202. The quantitative estimate of drug-likeness (QED) is 0.669. The lowest BCUT2D eigenvalue weighted by molar-refractivity contribution is 0.0668.